The lowest BCUT2D eigenvalue weighted by Crippen LogP contribution is -1.79. The van der Waals surface area contributed by atoms with E-state index in [9.17, 15) is 0 Å². The van der Waals surface area contributed by atoms with Gasteiger partial charge in [0.15, 0.2) is 0 Å². The first kappa shape index (κ1) is 18.8. The Morgan fingerprint density at radius 3 is 1.32 bits per heavy atom. The Balaban J connectivity index is 0.000000118. The van der Waals surface area contributed by atoms with Gasteiger partial charge in [0.25, 0.3) is 0 Å². The van der Waals surface area contributed by atoms with Gasteiger partial charge < -0.3 is 9.97 Å². The van der Waals surface area contributed by atoms with Crippen LogP contribution in [-0.2, 0) is 0 Å². The van der Waals surface area contributed by atoms with Crippen molar-refractivity contribution >= 4 is 65.7 Å². The molecule has 0 atom stereocenters. The van der Waals surface area contributed by atoms with Gasteiger partial charge >= 0.3 is 0 Å². The highest BCUT2D eigenvalue weighted by Crippen LogP contribution is 2.28. The minimum atomic E-state index is 0.963. The number of nitrogens with one attached hydrogen (secondary N) is 2. The number of para-hydroxylation sites is 4. The lowest BCUT2D eigenvalue weighted by atomic mass is 10.1. The van der Waals surface area contributed by atoms with Crippen LogP contribution in [0.15, 0.2) is 109 Å². The highest BCUT2D eigenvalue weighted by Gasteiger charge is 2.07. The van der Waals surface area contributed by atoms with Crippen molar-refractivity contribution in [2.45, 2.75) is 0 Å². The number of H-pyrrole nitrogens is 2. The maximum absolute atomic E-state index is 4.66. The molecule has 0 aliphatic rings. The van der Waals surface area contributed by atoms with Gasteiger partial charge in [-0.2, -0.15) is 0 Å². The molecular weight excluding hydrogens is 416 g/mol. The summed E-state index contributed by atoms with van der Waals surface area (Å²) in [5, 5.41) is 7.23. The summed E-state index contributed by atoms with van der Waals surface area (Å²) in [4.78, 5) is 16.0. The second kappa shape index (κ2) is 7.42. The van der Waals surface area contributed by atoms with E-state index in [0.717, 1.165) is 33.4 Å². The molecule has 0 bridgehead atoms. The van der Waals surface area contributed by atoms with E-state index in [1.54, 1.807) is 0 Å². The first-order chi connectivity index (χ1) is 16.8. The molecule has 160 valence electrons. The number of rotatable bonds is 0. The third-order valence-corrected chi connectivity index (χ3v) is 6.39. The Morgan fingerprint density at radius 1 is 0.412 bits per heavy atom. The molecule has 8 rings (SSSR count). The SMILES string of the molecule is c1ccc2nc3[nH]c4ccccc4c3cc2c1.c1ccc2nc3[nH]c4ccccc4c3cc2c1. The Morgan fingerprint density at radius 2 is 0.824 bits per heavy atom. The molecule has 4 aromatic heterocycles. The molecule has 34 heavy (non-hydrogen) atoms. The Kier molecular flexibility index (Phi) is 4.11. The van der Waals surface area contributed by atoms with Crippen LogP contribution in [0, 0.1) is 0 Å². The largest absolute Gasteiger partial charge is 0.339 e. The zero-order chi connectivity index (χ0) is 22.5. The van der Waals surface area contributed by atoms with E-state index in [1.165, 1.54) is 32.3 Å². The van der Waals surface area contributed by atoms with Crippen molar-refractivity contribution in [1.29, 1.82) is 0 Å². The number of pyridine rings is 2. The van der Waals surface area contributed by atoms with E-state index < -0.39 is 0 Å². The lowest BCUT2D eigenvalue weighted by Gasteiger charge is -1.96. The van der Waals surface area contributed by atoms with Crippen LogP contribution in [0.4, 0.5) is 0 Å². The summed E-state index contributed by atoms with van der Waals surface area (Å²) < 4.78 is 0. The van der Waals surface area contributed by atoms with Crippen LogP contribution < -0.4 is 0 Å². The average Bonchev–Trinajstić information content (AvgIpc) is 3.43. The van der Waals surface area contributed by atoms with Gasteiger partial charge in [-0.25, -0.2) is 9.97 Å². The molecule has 0 amide bonds. The predicted molar refractivity (Wildman–Crippen MR) is 142 cm³/mol. The summed E-state index contributed by atoms with van der Waals surface area (Å²) in [6.07, 6.45) is 0. The van der Waals surface area contributed by atoms with E-state index in [1.807, 2.05) is 48.5 Å². The highest BCUT2D eigenvalue weighted by molar-refractivity contribution is 6.10. The summed E-state index contributed by atoms with van der Waals surface area (Å²) in [5.74, 6) is 0. The summed E-state index contributed by atoms with van der Waals surface area (Å²) in [6.45, 7) is 0. The van der Waals surface area contributed by atoms with Gasteiger partial charge in [0.1, 0.15) is 11.3 Å². The third kappa shape index (κ3) is 3.00. The molecular formula is C30H20N4. The molecule has 4 heteroatoms. The molecule has 0 radical (unpaired) electrons. The fourth-order valence-electron chi connectivity index (χ4n) is 4.74. The van der Waals surface area contributed by atoms with Crippen molar-refractivity contribution in [3.63, 3.8) is 0 Å². The van der Waals surface area contributed by atoms with Crippen molar-refractivity contribution in [2.24, 2.45) is 0 Å². The van der Waals surface area contributed by atoms with Crippen molar-refractivity contribution in [3.05, 3.63) is 109 Å². The second-order valence-corrected chi connectivity index (χ2v) is 8.50. The molecule has 0 aliphatic heterocycles. The minimum absolute atomic E-state index is 0.963. The Labute approximate surface area is 194 Å². The molecule has 0 fully saturated rings. The standard InChI is InChI=1S/2C15H10N2/c2*1-3-7-13-10(5-1)9-12-11-6-2-4-8-14(11)17-15(12)16-13/h2*1-9H,(H,16,17). The summed E-state index contributed by atoms with van der Waals surface area (Å²) >= 11 is 0. The number of aromatic amines is 2. The maximum atomic E-state index is 4.66. The summed E-state index contributed by atoms with van der Waals surface area (Å²) in [6, 6.07) is 37.5. The minimum Gasteiger partial charge on any atom is -0.339 e. The fraction of sp³-hybridized carbons (Fsp3) is 0. The van der Waals surface area contributed by atoms with Crippen LogP contribution >= 0.6 is 0 Å². The van der Waals surface area contributed by atoms with Crippen molar-refractivity contribution in [3.8, 4) is 0 Å². The van der Waals surface area contributed by atoms with Gasteiger partial charge in [-0.3, -0.25) is 0 Å². The summed E-state index contributed by atoms with van der Waals surface area (Å²) in [5.41, 5.74) is 6.28. The molecule has 0 aliphatic carbocycles. The topological polar surface area (TPSA) is 57.4 Å². The zero-order valence-corrected chi connectivity index (χ0v) is 18.3. The van der Waals surface area contributed by atoms with Crippen LogP contribution in [0.3, 0.4) is 0 Å². The molecule has 0 spiro atoms. The summed E-state index contributed by atoms with van der Waals surface area (Å²) in [7, 11) is 0. The average molecular weight is 437 g/mol. The number of hydrogen-bond donors (Lipinski definition) is 2. The monoisotopic (exact) mass is 436 g/mol. The van der Waals surface area contributed by atoms with Gasteiger partial charge in [0, 0.05) is 43.4 Å². The van der Waals surface area contributed by atoms with Gasteiger partial charge in [-0.1, -0.05) is 72.8 Å². The van der Waals surface area contributed by atoms with Crippen LogP contribution in [-0.4, -0.2) is 19.9 Å². The normalized spacial score (nSPS) is 11.5. The van der Waals surface area contributed by atoms with E-state index in [0.29, 0.717) is 0 Å². The molecule has 4 heterocycles. The highest BCUT2D eigenvalue weighted by atomic mass is 14.9. The first-order valence-electron chi connectivity index (χ1n) is 11.4. The van der Waals surface area contributed by atoms with Crippen molar-refractivity contribution in [2.75, 3.05) is 0 Å². The van der Waals surface area contributed by atoms with Crippen LogP contribution in [0.5, 0.6) is 0 Å². The maximum Gasteiger partial charge on any atom is 0.139 e. The number of aromatic nitrogens is 4. The zero-order valence-electron chi connectivity index (χ0n) is 18.3. The van der Waals surface area contributed by atoms with Gasteiger partial charge in [-0.05, 0) is 36.4 Å². The number of hydrogen-bond acceptors (Lipinski definition) is 2. The van der Waals surface area contributed by atoms with Crippen molar-refractivity contribution < 1.29 is 0 Å². The first-order valence-corrected chi connectivity index (χ1v) is 11.4. The van der Waals surface area contributed by atoms with Gasteiger partial charge in [-0.15, -0.1) is 0 Å². The molecule has 4 aromatic carbocycles. The molecule has 0 unspecified atom stereocenters. The fourth-order valence-corrected chi connectivity index (χ4v) is 4.74. The number of benzene rings is 4. The second-order valence-electron chi connectivity index (χ2n) is 8.50. The van der Waals surface area contributed by atoms with Crippen LogP contribution in [0.2, 0.25) is 0 Å². The van der Waals surface area contributed by atoms with E-state index in [-0.39, 0.29) is 0 Å². The molecule has 0 saturated carbocycles. The Bertz CT molecular complexity index is 1820. The molecule has 2 N–H and O–H groups in total. The van der Waals surface area contributed by atoms with E-state index in [4.69, 9.17) is 0 Å². The van der Waals surface area contributed by atoms with E-state index in [2.05, 4.69) is 80.6 Å². The molecule has 8 aromatic rings. The van der Waals surface area contributed by atoms with Gasteiger partial charge in [0.05, 0.1) is 11.0 Å². The van der Waals surface area contributed by atoms with Gasteiger partial charge in [0.2, 0.25) is 0 Å². The third-order valence-electron chi connectivity index (χ3n) is 6.39. The smallest absolute Gasteiger partial charge is 0.139 e. The molecule has 4 nitrogen and oxygen atoms in total. The number of fused-ring (bicyclic) bond motifs is 8. The van der Waals surface area contributed by atoms with Crippen LogP contribution in [0.25, 0.3) is 65.7 Å². The van der Waals surface area contributed by atoms with E-state index >= 15 is 0 Å². The number of nitrogens with zero attached hydrogens (tertiary/aromatic N) is 2. The predicted octanol–water partition coefficient (Wildman–Crippen LogP) is 7.74. The molecule has 0 saturated heterocycles. The lowest BCUT2D eigenvalue weighted by molar-refractivity contribution is 1.40. The Hall–Kier alpha value is -4.70. The quantitative estimate of drug-likeness (QED) is 0.255. The van der Waals surface area contributed by atoms with Crippen molar-refractivity contribution in [1.82, 2.24) is 19.9 Å². The van der Waals surface area contributed by atoms with Crippen LogP contribution in [0.1, 0.15) is 0 Å².